The number of allylic oxidation sites excluding steroid dienone is 3. The van der Waals surface area contributed by atoms with Crippen molar-refractivity contribution >= 4 is 21.5 Å². The van der Waals surface area contributed by atoms with Gasteiger partial charge in [0.2, 0.25) is 0 Å². The fraction of sp³-hybridized carbons (Fsp3) is 0.286. The van der Waals surface area contributed by atoms with E-state index in [4.69, 9.17) is 4.74 Å². The topological polar surface area (TPSA) is 9.23 Å². The highest BCUT2D eigenvalue weighted by atomic mass is 79.9. The molecule has 0 saturated carbocycles. The number of ether oxygens (including phenoxy) is 1. The predicted octanol–water partition coefficient (Wildman–Crippen LogP) is 4.30. The summed E-state index contributed by atoms with van der Waals surface area (Å²) in [5, 5.41) is 0. The number of rotatable bonds is 1. The van der Waals surface area contributed by atoms with Crippen molar-refractivity contribution in [1.82, 2.24) is 0 Å². The van der Waals surface area contributed by atoms with E-state index < -0.39 is 0 Å². The van der Waals surface area contributed by atoms with Crippen LogP contribution < -0.4 is 0 Å². The Morgan fingerprint density at radius 1 is 1.12 bits per heavy atom. The maximum atomic E-state index is 5.80. The molecule has 0 amide bonds. The van der Waals surface area contributed by atoms with Gasteiger partial charge in [-0.2, -0.15) is 0 Å². The minimum Gasteiger partial charge on any atom is -0.493 e. The predicted molar refractivity (Wildman–Crippen MR) is 68.9 cm³/mol. The van der Waals surface area contributed by atoms with Crippen molar-refractivity contribution in [3.05, 3.63) is 51.7 Å². The zero-order valence-electron chi connectivity index (χ0n) is 9.00. The van der Waals surface area contributed by atoms with Crippen molar-refractivity contribution in [3.63, 3.8) is 0 Å². The molecule has 0 atom stereocenters. The van der Waals surface area contributed by atoms with Crippen LogP contribution in [-0.2, 0) is 4.74 Å². The molecule has 0 unspecified atom stereocenters. The highest BCUT2D eigenvalue weighted by molar-refractivity contribution is 9.10. The fourth-order valence-corrected chi connectivity index (χ4v) is 2.60. The van der Waals surface area contributed by atoms with E-state index in [2.05, 4.69) is 46.3 Å². The zero-order valence-corrected chi connectivity index (χ0v) is 10.6. The maximum Gasteiger partial charge on any atom is 0.126 e. The molecule has 16 heavy (non-hydrogen) atoms. The summed E-state index contributed by atoms with van der Waals surface area (Å²) >= 11 is 3.46. The average Bonchev–Trinajstić information content (AvgIpc) is 2.74. The third kappa shape index (κ3) is 1.71. The van der Waals surface area contributed by atoms with Gasteiger partial charge in [0.05, 0.1) is 6.61 Å². The lowest BCUT2D eigenvalue weighted by atomic mass is 10.0. The third-order valence-electron chi connectivity index (χ3n) is 3.15. The van der Waals surface area contributed by atoms with E-state index >= 15 is 0 Å². The second-order valence-electron chi connectivity index (χ2n) is 4.20. The summed E-state index contributed by atoms with van der Waals surface area (Å²) < 4.78 is 6.92. The molecule has 1 fully saturated rings. The van der Waals surface area contributed by atoms with Crippen LogP contribution in [0.5, 0.6) is 0 Å². The SMILES string of the molecule is Brc1ccc(C2=C3OCCCC3=CC2)cc1. The van der Waals surface area contributed by atoms with Gasteiger partial charge in [0.1, 0.15) is 5.76 Å². The smallest absolute Gasteiger partial charge is 0.126 e. The number of benzene rings is 1. The molecule has 0 radical (unpaired) electrons. The van der Waals surface area contributed by atoms with Crippen molar-refractivity contribution in [2.45, 2.75) is 19.3 Å². The Bertz CT molecular complexity index is 468. The molecule has 0 N–H and O–H groups in total. The zero-order chi connectivity index (χ0) is 11.0. The molecule has 0 aromatic heterocycles. The Kier molecular flexibility index (Phi) is 2.60. The molecular weight excluding hydrogens is 264 g/mol. The number of hydrogen-bond donors (Lipinski definition) is 0. The number of hydrogen-bond acceptors (Lipinski definition) is 1. The molecule has 1 aliphatic carbocycles. The Balaban J connectivity index is 1.99. The van der Waals surface area contributed by atoms with Crippen LogP contribution in [0, 0.1) is 0 Å². The first-order chi connectivity index (χ1) is 7.84. The minimum atomic E-state index is 0.868. The molecule has 3 rings (SSSR count). The quantitative estimate of drug-likeness (QED) is 0.743. The van der Waals surface area contributed by atoms with Crippen LogP contribution in [-0.4, -0.2) is 6.61 Å². The number of halogens is 1. The van der Waals surface area contributed by atoms with Crippen molar-refractivity contribution in [1.29, 1.82) is 0 Å². The van der Waals surface area contributed by atoms with Gasteiger partial charge in [-0.3, -0.25) is 0 Å². The highest BCUT2D eigenvalue weighted by Crippen LogP contribution is 2.38. The van der Waals surface area contributed by atoms with E-state index in [9.17, 15) is 0 Å². The second-order valence-corrected chi connectivity index (χ2v) is 5.12. The van der Waals surface area contributed by atoms with Gasteiger partial charge in [-0.25, -0.2) is 0 Å². The highest BCUT2D eigenvalue weighted by Gasteiger charge is 2.22. The first kappa shape index (κ1) is 10.2. The monoisotopic (exact) mass is 276 g/mol. The second kappa shape index (κ2) is 4.10. The van der Waals surface area contributed by atoms with Crippen LogP contribution in [0.2, 0.25) is 0 Å². The van der Waals surface area contributed by atoms with E-state index in [1.165, 1.54) is 23.1 Å². The van der Waals surface area contributed by atoms with Gasteiger partial charge in [0.25, 0.3) is 0 Å². The van der Waals surface area contributed by atoms with Crippen molar-refractivity contribution < 1.29 is 4.74 Å². The third-order valence-corrected chi connectivity index (χ3v) is 3.68. The van der Waals surface area contributed by atoms with Gasteiger partial charge in [-0.05, 0) is 42.5 Å². The van der Waals surface area contributed by atoms with Gasteiger partial charge in [0, 0.05) is 10.0 Å². The summed E-state index contributed by atoms with van der Waals surface area (Å²) in [6.45, 7) is 0.868. The van der Waals surface area contributed by atoms with Crippen molar-refractivity contribution in [3.8, 4) is 0 Å². The van der Waals surface area contributed by atoms with Crippen LogP contribution in [0.25, 0.3) is 5.57 Å². The summed E-state index contributed by atoms with van der Waals surface area (Å²) in [6, 6.07) is 8.48. The first-order valence-electron chi connectivity index (χ1n) is 5.66. The van der Waals surface area contributed by atoms with E-state index in [-0.39, 0.29) is 0 Å². The first-order valence-corrected chi connectivity index (χ1v) is 6.45. The average molecular weight is 277 g/mol. The Hall–Kier alpha value is -1.02. The van der Waals surface area contributed by atoms with Gasteiger partial charge in [0.15, 0.2) is 0 Å². The van der Waals surface area contributed by atoms with Crippen molar-refractivity contribution in [2.24, 2.45) is 0 Å². The van der Waals surface area contributed by atoms with Crippen LogP contribution in [0.15, 0.2) is 46.1 Å². The van der Waals surface area contributed by atoms with E-state index in [1.54, 1.807) is 0 Å². The van der Waals surface area contributed by atoms with Gasteiger partial charge in [-0.1, -0.05) is 34.1 Å². The van der Waals surface area contributed by atoms with Crippen LogP contribution >= 0.6 is 15.9 Å². The summed E-state index contributed by atoms with van der Waals surface area (Å²) in [4.78, 5) is 0. The Morgan fingerprint density at radius 2 is 1.94 bits per heavy atom. The molecule has 2 heteroatoms. The minimum absolute atomic E-state index is 0.868. The largest absolute Gasteiger partial charge is 0.493 e. The molecule has 1 aliphatic heterocycles. The standard InChI is InChI=1S/C14H13BrO/c15-12-6-3-10(4-7-12)13-8-5-11-2-1-9-16-14(11)13/h3-7H,1-2,8-9H2. The van der Waals surface area contributed by atoms with Crippen LogP contribution in [0.3, 0.4) is 0 Å². The maximum absolute atomic E-state index is 5.80. The van der Waals surface area contributed by atoms with E-state index in [1.807, 2.05) is 0 Å². The molecule has 82 valence electrons. The summed E-state index contributed by atoms with van der Waals surface area (Å²) in [7, 11) is 0. The number of fused-ring (bicyclic) bond motifs is 1. The summed E-state index contributed by atoms with van der Waals surface area (Å²) in [6.07, 6.45) is 5.66. The van der Waals surface area contributed by atoms with Gasteiger partial charge < -0.3 is 4.74 Å². The van der Waals surface area contributed by atoms with Gasteiger partial charge in [-0.15, -0.1) is 0 Å². The molecule has 1 saturated heterocycles. The van der Waals surface area contributed by atoms with E-state index in [0.29, 0.717) is 0 Å². The molecule has 0 bridgehead atoms. The fourth-order valence-electron chi connectivity index (χ4n) is 2.34. The van der Waals surface area contributed by atoms with Crippen molar-refractivity contribution in [2.75, 3.05) is 6.61 Å². The Labute approximate surface area is 104 Å². The van der Waals surface area contributed by atoms with Crippen LogP contribution in [0.1, 0.15) is 24.8 Å². The molecular formula is C14H13BrO. The molecule has 1 heterocycles. The normalized spacial score (nSPS) is 19.2. The van der Waals surface area contributed by atoms with Gasteiger partial charge >= 0.3 is 0 Å². The summed E-state index contributed by atoms with van der Waals surface area (Å²) in [5.74, 6) is 1.15. The van der Waals surface area contributed by atoms with Crippen LogP contribution in [0.4, 0.5) is 0 Å². The lowest BCUT2D eigenvalue weighted by Gasteiger charge is -2.18. The summed E-state index contributed by atoms with van der Waals surface area (Å²) in [5.41, 5.74) is 4.04. The van der Waals surface area contributed by atoms with E-state index in [0.717, 1.165) is 29.7 Å². The molecule has 2 aliphatic rings. The Morgan fingerprint density at radius 3 is 2.75 bits per heavy atom. The lowest BCUT2D eigenvalue weighted by molar-refractivity contribution is 0.197. The molecule has 1 aromatic rings. The molecule has 1 aromatic carbocycles. The lowest BCUT2D eigenvalue weighted by Crippen LogP contribution is -2.05. The molecule has 1 nitrogen and oxygen atoms in total. The molecule has 0 spiro atoms.